The standard InChI is InChI=1S/C21H24F3N7O6S/c1-4-5-6-10(12(32)14(33)27-11-7-8-25-28-11)26-19(36)37-13-16(34)31(9-20(13,2)3)17(35)15-29-30-18(38-15)21(22,23)24/h7-8,10,13H,4-6,9H2,1-3H3,(H,26,36)(H2,25,27,28,33)/t10-,13+/m0/s1. The summed E-state index contributed by atoms with van der Waals surface area (Å²) in [6.45, 7) is 4.57. The molecule has 38 heavy (non-hydrogen) atoms. The van der Waals surface area contributed by atoms with Gasteiger partial charge in [-0.05, 0) is 6.42 Å². The van der Waals surface area contributed by atoms with Crippen molar-refractivity contribution in [3.8, 4) is 0 Å². The number of rotatable bonds is 9. The highest BCUT2D eigenvalue weighted by Crippen LogP contribution is 2.36. The van der Waals surface area contributed by atoms with Crippen LogP contribution in [0.3, 0.4) is 0 Å². The van der Waals surface area contributed by atoms with Crippen LogP contribution in [0.1, 0.15) is 54.8 Å². The monoisotopic (exact) mass is 559 g/mol. The van der Waals surface area contributed by atoms with E-state index in [0.717, 1.165) is 0 Å². The number of hydrogen-bond acceptors (Lipinski definition) is 10. The first-order chi connectivity index (χ1) is 17.7. The Morgan fingerprint density at radius 3 is 2.58 bits per heavy atom. The van der Waals surface area contributed by atoms with Crippen LogP contribution in [-0.2, 0) is 25.3 Å². The van der Waals surface area contributed by atoms with Crippen LogP contribution in [0.5, 0.6) is 0 Å². The van der Waals surface area contributed by atoms with Gasteiger partial charge in [0, 0.05) is 18.0 Å². The maximum atomic E-state index is 12.9. The highest BCUT2D eigenvalue weighted by atomic mass is 32.1. The molecule has 0 bridgehead atoms. The number of alkyl halides is 3. The van der Waals surface area contributed by atoms with E-state index in [9.17, 15) is 37.1 Å². The molecule has 0 aromatic carbocycles. The predicted molar refractivity (Wildman–Crippen MR) is 124 cm³/mol. The number of aromatic nitrogens is 4. The average molecular weight is 560 g/mol. The first-order valence-electron chi connectivity index (χ1n) is 11.3. The summed E-state index contributed by atoms with van der Waals surface area (Å²) in [4.78, 5) is 64.0. The number of imide groups is 1. The SMILES string of the molecule is CCCC[C@H](NC(=O)O[C@@H]1C(=O)N(C(=O)c2nnc(C(F)(F)F)s2)CC1(C)C)C(=O)C(=O)Nc1ccn[nH]1. The van der Waals surface area contributed by atoms with Crippen molar-refractivity contribution in [1.29, 1.82) is 0 Å². The number of anilines is 1. The van der Waals surface area contributed by atoms with Gasteiger partial charge in [-0.2, -0.15) is 18.3 Å². The number of carbonyl (C=O) groups excluding carboxylic acids is 5. The quantitative estimate of drug-likeness (QED) is 0.307. The summed E-state index contributed by atoms with van der Waals surface area (Å²) in [6.07, 6.45) is -4.92. The van der Waals surface area contributed by atoms with Gasteiger partial charge >= 0.3 is 12.3 Å². The molecular formula is C21H24F3N7O6S. The Morgan fingerprint density at radius 2 is 2.00 bits per heavy atom. The number of halogens is 3. The van der Waals surface area contributed by atoms with Crippen molar-refractivity contribution in [3.63, 3.8) is 0 Å². The largest absolute Gasteiger partial charge is 0.445 e. The number of amides is 4. The fourth-order valence-corrected chi connectivity index (χ4v) is 4.25. The minimum Gasteiger partial charge on any atom is -0.435 e. The van der Waals surface area contributed by atoms with Crippen molar-refractivity contribution < 1.29 is 41.9 Å². The number of carbonyl (C=O) groups is 5. The number of likely N-dealkylation sites (tertiary alicyclic amines) is 1. The summed E-state index contributed by atoms with van der Waals surface area (Å²) in [5.41, 5.74) is -1.14. The van der Waals surface area contributed by atoms with Crippen LogP contribution in [-0.4, -0.2) is 73.6 Å². The Morgan fingerprint density at radius 1 is 1.29 bits per heavy atom. The number of alkyl carbamates (subject to hydrolysis) is 1. The second-order valence-electron chi connectivity index (χ2n) is 9.04. The lowest BCUT2D eigenvalue weighted by Crippen LogP contribution is -2.48. The molecule has 0 radical (unpaired) electrons. The van der Waals surface area contributed by atoms with Crippen LogP contribution in [0.25, 0.3) is 0 Å². The molecule has 0 spiro atoms. The van der Waals surface area contributed by atoms with Gasteiger partial charge in [-0.15, -0.1) is 10.2 Å². The molecule has 17 heteroatoms. The van der Waals surface area contributed by atoms with E-state index in [-0.39, 0.29) is 30.1 Å². The van der Waals surface area contributed by atoms with Crippen LogP contribution in [0.4, 0.5) is 23.8 Å². The van der Waals surface area contributed by atoms with Gasteiger partial charge in [0.1, 0.15) is 11.9 Å². The van der Waals surface area contributed by atoms with Crippen molar-refractivity contribution >= 4 is 46.8 Å². The normalized spacial score (nSPS) is 17.7. The van der Waals surface area contributed by atoms with Crippen LogP contribution in [0, 0.1) is 5.41 Å². The van der Waals surface area contributed by atoms with Crippen LogP contribution in [0.2, 0.25) is 0 Å². The second-order valence-corrected chi connectivity index (χ2v) is 10.0. The van der Waals surface area contributed by atoms with E-state index < -0.39 is 63.4 Å². The molecule has 3 rings (SSSR count). The highest BCUT2D eigenvalue weighted by molar-refractivity contribution is 7.13. The molecule has 1 fully saturated rings. The predicted octanol–water partition coefficient (Wildman–Crippen LogP) is 2.15. The number of unbranched alkanes of at least 4 members (excludes halogenated alkanes) is 1. The summed E-state index contributed by atoms with van der Waals surface area (Å²) in [6, 6.07) is 0.144. The third kappa shape index (κ3) is 6.51. The third-order valence-electron chi connectivity index (χ3n) is 5.51. The number of hydrogen-bond donors (Lipinski definition) is 3. The van der Waals surface area contributed by atoms with Crippen molar-refractivity contribution in [2.75, 3.05) is 11.9 Å². The molecular weight excluding hydrogens is 535 g/mol. The third-order valence-corrected chi connectivity index (χ3v) is 6.47. The molecule has 3 N–H and O–H groups in total. The number of nitrogens with zero attached hydrogens (tertiary/aromatic N) is 4. The molecule has 13 nitrogen and oxygen atoms in total. The lowest BCUT2D eigenvalue weighted by atomic mass is 9.90. The van der Waals surface area contributed by atoms with Gasteiger partial charge in [-0.1, -0.05) is 44.9 Å². The Balaban J connectivity index is 1.69. The second kappa shape index (κ2) is 11.2. The summed E-state index contributed by atoms with van der Waals surface area (Å²) in [5, 5.41) is 14.9. The van der Waals surface area contributed by atoms with Gasteiger partial charge in [0.05, 0.1) is 6.20 Å². The van der Waals surface area contributed by atoms with E-state index >= 15 is 0 Å². The molecule has 2 atom stereocenters. The van der Waals surface area contributed by atoms with Crippen molar-refractivity contribution in [3.05, 3.63) is 22.3 Å². The average Bonchev–Trinajstić information content (AvgIpc) is 3.58. The van der Waals surface area contributed by atoms with Gasteiger partial charge in [-0.3, -0.25) is 29.2 Å². The smallest absolute Gasteiger partial charge is 0.435 e. The molecule has 0 saturated carbocycles. The summed E-state index contributed by atoms with van der Waals surface area (Å²) < 4.78 is 43.7. The zero-order valence-electron chi connectivity index (χ0n) is 20.4. The number of ether oxygens (including phenoxy) is 1. The maximum absolute atomic E-state index is 12.9. The van der Waals surface area contributed by atoms with Gasteiger partial charge in [0.25, 0.3) is 17.7 Å². The van der Waals surface area contributed by atoms with E-state index in [1.165, 1.54) is 26.1 Å². The Labute approximate surface area is 217 Å². The summed E-state index contributed by atoms with van der Waals surface area (Å²) >= 11 is -0.0172. The number of nitrogens with one attached hydrogen (secondary N) is 3. The summed E-state index contributed by atoms with van der Waals surface area (Å²) in [5.74, 6) is -3.90. The number of Topliss-reactive ketones (excluding diaryl/α,β-unsaturated/α-hetero) is 1. The molecule has 2 aromatic heterocycles. The first-order valence-corrected chi connectivity index (χ1v) is 12.1. The van der Waals surface area contributed by atoms with Gasteiger partial charge in [-0.25, -0.2) is 4.79 Å². The molecule has 1 saturated heterocycles. The number of ketones is 1. The molecule has 3 heterocycles. The molecule has 1 aliphatic rings. The van der Waals surface area contributed by atoms with Gasteiger partial charge in [0.15, 0.2) is 6.10 Å². The van der Waals surface area contributed by atoms with Crippen molar-refractivity contribution in [1.82, 2.24) is 30.6 Å². The minimum atomic E-state index is -4.81. The maximum Gasteiger partial charge on any atom is 0.445 e. The van der Waals surface area contributed by atoms with Gasteiger partial charge in [0.2, 0.25) is 15.8 Å². The number of H-pyrrole nitrogens is 1. The Bertz CT molecular complexity index is 1210. The molecule has 4 amide bonds. The highest BCUT2D eigenvalue weighted by Gasteiger charge is 2.52. The van der Waals surface area contributed by atoms with Crippen LogP contribution < -0.4 is 10.6 Å². The fourth-order valence-electron chi connectivity index (χ4n) is 3.59. The van der Waals surface area contributed by atoms with E-state index in [0.29, 0.717) is 17.7 Å². The molecule has 0 aliphatic carbocycles. The lowest BCUT2D eigenvalue weighted by molar-refractivity contribution is -0.138. The summed E-state index contributed by atoms with van der Waals surface area (Å²) in [7, 11) is 0. The zero-order chi connectivity index (χ0) is 28.3. The van der Waals surface area contributed by atoms with Gasteiger partial charge < -0.3 is 15.4 Å². The van der Waals surface area contributed by atoms with Crippen LogP contribution in [0.15, 0.2) is 12.3 Å². The molecule has 2 aromatic rings. The zero-order valence-corrected chi connectivity index (χ0v) is 21.2. The topological polar surface area (TPSA) is 176 Å². The van der Waals surface area contributed by atoms with E-state index in [4.69, 9.17) is 4.74 Å². The molecule has 0 unspecified atom stereocenters. The number of aromatic amines is 1. The lowest BCUT2D eigenvalue weighted by Gasteiger charge is -2.24. The first kappa shape index (κ1) is 28.7. The van der Waals surface area contributed by atoms with Crippen molar-refractivity contribution in [2.45, 2.75) is 58.4 Å². The van der Waals surface area contributed by atoms with E-state index in [2.05, 4.69) is 31.0 Å². The van der Waals surface area contributed by atoms with E-state index in [1.54, 1.807) is 0 Å². The Kier molecular flexibility index (Phi) is 8.48. The van der Waals surface area contributed by atoms with E-state index in [1.807, 2.05) is 6.92 Å². The van der Waals surface area contributed by atoms with Crippen LogP contribution >= 0.6 is 11.3 Å². The molecule has 1 aliphatic heterocycles. The molecule has 206 valence electrons. The van der Waals surface area contributed by atoms with Crippen molar-refractivity contribution in [2.24, 2.45) is 5.41 Å². The minimum absolute atomic E-state index is 0.0172. The fraction of sp³-hybridized carbons (Fsp3) is 0.524. The Hall–Kier alpha value is -3.89.